The molecule has 0 aliphatic carbocycles. The lowest BCUT2D eigenvalue weighted by molar-refractivity contribution is 0.344. The summed E-state index contributed by atoms with van der Waals surface area (Å²) in [5.41, 5.74) is 4.70. The van der Waals surface area contributed by atoms with Gasteiger partial charge in [-0.2, -0.15) is 0 Å². The molecule has 7 heteroatoms. The molecule has 0 heterocycles. The van der Waals surface area contributed by atoms with Crippen LogP contribution < -0.4 is 10.5 Å². The lowest BCUT2D eigenvalue weighted by atomic mass is 9.92. The number of nitrogens with one attached hydrogen (secondary N) is 1. The summed E-state index contributed by atoms with van der Waals surface area (Å²) in [6.07, 6.45) is 0.486. The van der Waals surface area contributed by atoms with Gasteiger partial charge in [0.25, 0.3) is 0 Å². The summed E-state index contributed by atoms with van der Waals surface area (Å²) in [6.45, 7) is 5.54. The van der Waals surface area contributed by atoms with Gasteiger partial charge in [-0.1, -0.05) is 13.8 Å². The second-order valence-electron chi connectivity index (χ2n) is 5.54. The average Bonchev–Trinajstić information content (AvgIpc) is 2.30. The van der Waals surface area contributed by atoms with Crippen molar-refractivity contribution in [1.29, 1.82) is 0 Å². The molecule has 0 bridgehead atoms. The number of nitrogens with two attached hydrogens (primary N) is 1. The summed E-state index contributed by atoms with van der Waals surface area (Å²) in [5, 5.41) is 0. The Kier molecular flexibility index (Phi) is 5.23. The van der Waals surface area contributed by atoms with Gasteiger partial charge in [-0.3, -0.25) is 0 Å². The van der Waals surface area contributed by atoms with Crippen LogP contribution in [-0.4, -0.2) is 20.5 Å². The topological polar surface area (TPSA) is 72.2 Å². The first-order valence-corrected chi connectivity index (χ1v) is 7.77. The van der Waals surface area contributed by atoms with Crippen LogP contribution in [-0.2, 0) is 10.0 Å². The SMILES string of the molecule is CC(C)CC(C)(CN)NS(=O)(=O)c1cc(F)ccc1F. The maximum Gasteiger partial charge on any atom is 0.244 e. The molecule has 1 aromatic rings. The van der Waals surface area contributed by atoms with Crippen LogP contribution in [0.1, 0.15) is 27.2 Å². The van der Waals surface area contributed by atoms with E-state index < -0.39 is 32.1 Å². The number of halogens is 2. The first kappa shape index (κ1) is 17.0. The van der Waals surface area contributed by atoms with Crippen LogP contribution in [0.3, 0.4) is 0 Å². The molecule has 0 saturated carbocycles. The van der Waals surface area contributed by atoms with Gasteiger partial charge in [-0.05, 0) is 37.5 Å². The highest BCUT2D eigenvalue weighted by Gasteiger charge is 2.31. The highest BCUT2D eigenvalue weighted by molar-refractivity contribution is 7.89. The Balaban J connectivity index is 3.14. The van der Waals surface area contributed by atoms with E-state index in [1.807, 2.05) is 13.8 Å². The van der Waals surface area contributed by atoms with Gasteiger partial charge in [0.2, 0.25) is 10.0 Å². The lowest BCUT2D eigenvalue weighted by Crippen LogP contribution is -2.52. The lowest BCUT2D eigenvalue weighted by Gasteiger charge is -2.30. The summed E-state index contributed by atoms with van der Waals surface area (Å²) in [5.74, 6) is -1.61. The van der Waals surface area contributed by atoms with Crippen LogP contribution in [0, 0.1) is 17.6 Å². The molecule has 0 radical (unpaired) electrons. The van der Waals surface area contributed by atoms with Crippen molar-refractivity contribution in [3.8, 4) is 0 Å². The van der Waals surface area contributed by atoms with Crippen molar-refractivity contribution in [3.05, 3.63) is 29.8 Å². The van der Waals surface area contributed by atoms with Crippen LogP contribution in [0.25, 0.3) is 0 Å². The van der Waals surface area contributed by atoms with Crippen LogP contribution in [0.5, 0.6) is 0 Å². The smallest absolute Gasteiger partial charge is 0.244 e. The van der Waals surface area contributed by atoms with E-state index >= 15 is 0 Å². The van der Waals surface area contributed by atoms with Crippen LogP contribution in [0.2, 0.25) is 0 Å². The molecule has 0 spiro atoms. The standard InChI is InChI=1S/C13H20F2N2O2S/c1-9(2)7-13(3,8-16)17-20(18,19)12-6-10(14)4-5-11(12)15/h4-6,9,17H,7-8,16H2,1-3H3. The first-order valence-electron chi connectivity index (χ1n) is 6.29. The van der Waals surface area contributed by atoms with Crippen molar-refractivity contribution in [1.82, 2.24) is 4.72 Å². The monoisotopic (exact) mass is 306 g/mol. The number of hydrogen-bond donors (Lipinski definition) is 2. The van der Waals surface area contributed by atoms with Gasteiger partial charge in [-0.25, -0.2) is 21.9 Å². The highest BCUT2D eigenvalue weighted by Crippen LogP contribution is 2.21. The Bertz CT molecular complexity index is 576. The minimum Gasteiger partial charge on any atom is -0.329 e. The predicted octanol–water partition coefficient (Wildman–Crippen LogP) is 2.01. The highest BCUT2D eigenvalue weighted by atomic mass is 32.2. The van der Waals surface area contributed by atoms with Crippen molar-refractivity contribution in [3.63, 3.8) is 0 Å². The fourth-order valence-corrected chi connectivity index (χ4v) is 3.65. The fourth-order valence-electron chi connectivity index (χ4n) is 2.13. The third-order valence-electron chi connectivity index (χ3n) is 2.87. The largest absolute Gasteiger partial charge is 0.329 e. The molecule has 3 N–H and O–H groups in total. The maximum absolute atomic E-state index is 13.6. The molecule has 1 rings (SSSR count). The Hall–Kier alpha value is -1.05. The molecular formula is C13H20F2N2O2S. The second-order valence-corrected chi connectivity index (χ2v) is 7.19. The van der Waals surface area contributed by atoms with E-state index in [2.05, 4.69) is 4.72 Å². The van der Waals surface area contributed by atoms with E-state index in [9.17, 15) is 17.2 Å². The summed E-state index contributed by atoms with van der Waals surface area (Å²) in [7, 11) is -4.17. The van der Waals surface area contributed by atoms with Crippen molar-refractivity contribution >= 4 is 10.0 Å². The van der Waals surface area contributed by atoms with Crippen molar-refractivity contribution in [2.24, 2.45) is 11.7 Å². The molecule has 0 aliphatic rings. The predicted molar refractivity (Wildman–Crippen MR) is 73.6 cm³/mol. The molecule has 114 valence electrons. The molecule has 0 amide bonds. The van der Waals surface area contributed by atoms with Gasteiger partial charge in [0.1, 0.15) is 16.5 Å². The zero-order valence-electron chi connectivity index (χ0n) is 11.8. The van der Waals surface area contributed by atoms with E-state index in [-0.39, 0.29) is 12.5 Å². The van der Waals surface area contributed by atoms with Gasteiger partial charge in [-0.15, -0.1) is 0 Å². The Morgan fingerprint density at radius 1 is 1.35 bits per heavy atom. The van der Waals surface area contributed by atoms with E-state index in [4.69, 9.17) is 5.73 Å². The first-order chi connectivity index (χ1) is 9.09. The number of rotatable bonds is 6. The van der Waals surface area contributed by atoms with Gasteiger partial charge < -0.3 is 5.73 Å². The Morgan fingerprint density at radius 3 is 2.45 bits per heavy atom. The molecule has 1 aromatic carbocycles. The average molecular weight is 306 g/mol. The minimum atomic E-state index is -4.17. The molecule has 20 heavy (non-hydrogen) atoms. The molecule has 0 fully saturated rings. The zero-order valence-corrected chi connectivity index (χ0v) is 12.6. The zero-order chi connectivity index (χ0) is 15.6. The van der Waals surface area contributed by atoms with Crippen molar-refractivity contribution < 1.29 is 17.2 Å². The summed E-state index contributed by atoms with van der Waals surface area (Å²) >= 11 is 0. The molecule has 1 atom stereocenters. The normalized spacial score (nSPS) is 15.3. The number of sulfonamides is 1. The third kappa shape index (κ3) is 4.22. The van der Waals surface area contributed by atoms with Crippen molar-refractivity contribution in [2.75, 3.05) is 6.54 Å². The molecule has 0 aliphatic heterocycles. The molecule has 0 saturated heterocycles. The van der Waals surface area contributed by atoms with Crippen LogP contribution in [0.15, 0.2) is 23.1 Å². The molecule has 4 nitrogen and oxygen atoms in total. The molecule has 0 aromatic heterocycles. The molecule has 1 unspecified atom stereocenters. The van der Waals surface area contributed by atoms with E-state index in [0.29, 0.717) is 12.5 Å². The maximum atomic E-state index is 13.6. The van der Waals surface area contributed by atoms with Crippen LogP contribution in [0.4, 0.5) is 8.78 Å². The van der Waals surface area contributed by atoms with Gasteiger partial charge >= 0.3 is 0 Å². The molecular weight excluding hydrogens is 286 g/mol. The second kappa shape index (κ2) is 6.15. The summed E-state index contributed by atoms with van der Waals surface area (Å²) < 4.78 is 53.5. The number of benzene rings is 1. The van der Waals surface area contributed by atoms with E-state index in [1.54, 1.807) is 6.92 Å². The summed E-state index contributed by atoms with van der Waals surface area (Å²) in [6, 6.07) is 2.31. The van der Waals surface area contributed by atoms with Gasteiger partial charge in [0, 0.05) is 12.1 Å². The van der Waals surface area contributed by atoms with Gasteiger partial charge in [0.05, 0.1) is 0 Å². The Labute approximate surface area is 118 Å². The van der Waals surface area contributed by atoms with Crippen LogP contribution >= 0.6 is 0 Å². The Morgan fingerprint density at radius 2 is 1.95 bits per heavy atom. The third-order valence-corrected chi connectivity index (χ3v) is 4.53. The van der Waals surface area contributed by atoms with Crippen molar-refractivity contribution in [2.45, 2.75) is 37.6 Å². The minimum absolute atomic E-state index is 0.0569. The summed E-state index contributed by atoms with van der Waals surface area (Å²) in [4.78, 5) is -0.707. The van der Waals surface area contributed by atoms with E-state index in [1.165, 1.54) is 0 Å². The quantitative estimate of drug-likeness (QED) is 0.844. The van der Waals surface area contributed by atoms with E-state index in [0.717, 1.165) is 12.1 Å². The number of hydrogen-bond acceptors (Lipinski definition) is 3. The fraction of sp³-hybridized carbons (Fsp3) is 0.538. The van der Waals surface area contributed by atoms with Gasteiger partial charge in [0.15, 0.2) is 0 Å².